The topological polar surface area (TPSA) is 66.8 Å². The molecule has 4 nitrogen and oxygen atoms in total. The van der Waals surface area contributed by atoms with Crippen LogP contribution in [-0.2, 0) is 10.2 Å². The summed E-state index contributed by atoms with van der Waals surface area (Å²) in [5.74, 6) is -0.254. The first-order valence-corrected chi connectivity index (χ1v) is 6.45. The summed E-state index contributed by atoms with van der Waals surface area (Å²) in [6, 6.07) is 3.27. The standard InChI is InChI=1S/C15H22O4/c1-5-15(3,4)12-9-11(8-10(2)13(12)17)14(18)19-7-6-16/h8-9,16-17H,5-7H2,1-4H3. The Morgan fingerprint density at radius 3 is 2.53 bits per heavy atom. The van der Waals surface area contributed by atoms with E-state index in [0.717, 1.165) is 12.0 Å². The summed E-state index contributed by atoms with van der Waals surface area (Å²) < 4.78 is 4.90. The highest BCUT2D eigenvalue weighted by atomic mass is 16.5. The predicted octanol–water partition coefficient (Wildman–Crippen LogP) is 2.54. The number of hydrogen-bond acceptors (Lipinski definition) is 4. The zero-order valence-electron chi connectivity index (χ0n) is 12.0. The van der Waals surface area contributed by atoms with Crippen LogP contribution in [0.15, 0.2) is 12.1 Å². The maximum Gasteiger partial charge on any atom is 0.338 e. The molecule has 0 saturated heterocycles. The van der Waals surface area contributed by atoms with Crippen molar-refractivity contribution in [2.24, 2.45) is 0 Å². The van der Waals surface area contributed by atoms with Crippen LogP contribution in [0.3, 0.4) is 0 Å². The molecule has 0 radical (unpaired) electrons. The van der Waals surface area contributed by atoms with E-state index in [9.17, 15) is 9.90 Å². The Morgan fingerprint density at radius 1 is 1.37 bits per heavy atom. The quantitative estimate of drug-likeness (QED) is 0.804. The Bertz CT molecular complexity index is 463. The van der Waals surface area contributed by atoms with E-state index in [1.807, 2.05) is 20.8 Å². The number of aliphatic hydroxyl groups is 1. The van der Waals surface area contributed by atoms with Gasteiger partial charge in [-0.25, -0.2) is 4.79 Å². The Morgan fingerprint density at radius 2 is 2.00 bits per heavy atom. The Balaban J connectivity index is 3.20. The molecule has 4 heteroatoms. The van der Waals surface area contributed by atoms with E-state index in [-0.39, 0.29) is 24.4 Å². The SMILES string of the molecule is CCC(C)(C)c1cc(C(=O)OCCO)cc(C)c1O. The molecular formula is C15H22O4. The number of ether oxygens (including phenoxy) is 1. The largest absolute Gasteiger partial charge is 0.507 e. The van der Waals surface area contributed by atoms with Crippen LogP contribution in [0.1, 0.15) is 48.7 Å². The van der Waals surface area contributed by atoms with E-state index >= 15 is 0 Å². The van der Waals surface area contributed by atoms with Crippen LogP contribution in [0.5, 0.6) is 5.75 Å². The normalized spacial score (nSPS) is 11.4. The van der Waals surface area contributed by atoms with Crippen LogP contribution in [0, 0.1) is 6.92 Å². The van der Waals surface area contributed by atoms with Gasteiger partial charge in [-0.3, -0.25) is 0 Å². The molecule has 0 aliphatic rings. The minimum absolute atomic E-state index is 0.0226. The number of carbonyl (C=O) groups excluding carboxylic acids is 1. The smallest absolute Gasteiger partial charge is 0.338 e. The summed E-state index contributed by atoms with van der Waals surface area (Å²) >= 11 is 0. The lowest BCUT2D eigenvalue weighted by molar-refractivity contribution is 0.0433. The molecule has 0 saturated carbocycles. The molecule has 19 heavy (non-hydrogen) atoms. The van der Waals surface area contributed by atoms with E-state index in [1.165, 1.54) is 0 Å². The number of rotatable bonds is 5. The highest BCUT2D eigenvalue weighted by Crippen LogP contribution is 2.36. The summed E-state index contributed by atoms with van der Waals surface area (Å²) in [4.78, 5) is 11.8. The second-order valence-corrected chi connectivity index (χ2v) is 5.29. The summed E-state index contributed by atoms with van der Waals surface area (Å²) in [5.41, 5.74) is 1.57. The molecular weight excluding hydrogens is 244 g/mol. The van der Waals surface area contributed by atoms with Crippen molar-refractivity contribution in [1.29, 1.82) is 0 Å². The fourth-order valence-corrected chi connectivity index (χ4v) is 1.83. The molecule has 0 aliphatic carbocycles. The number of phenols is 1. The van der Waals surface area contributed by atoms with Gasteiger partial charge in [0.05, 0.1) is 12.2 Å². The fraction of sp³-hybridized carbons (Fsp3) is 0.533. The van der Waals surface area contributed by atoms with Crippen molar-refractivity contribution in [2.45, 2.75) is 39.5 Å². The van der Waals surface area contributed by atoms with Crippen molar-refractivity contribution in [3.05, 3.63) is 28.8 Å². The molecule has 1 rings (SSSR count). The van der Waals surface area contributed by atoms with Crippen LogP contribution in [0.4, 0.5) is 0 Å². The zero-order chi connectivity index (χ0) is 14.6. The Hall–Kier alpha value is -1.55. The monoisotopic (exact) mass is 266 g/mol. The van der Waals surface area contributed by atoms with E-state index < -0.39 is 5.97 Å². The number of benzene rings is 1. The molecule has 0 spiro atoms. The van der Waals surface area contributed by atoms with Crippen molar-refractivity contribution in [3.8, 4) is 5.75 Å². The molecule has 0 fully saturated rings. The summed E-state index contributed by atoms with van der Waals surface area (Å²) in [7, 11) is 0. The average Bonchev–Trinajstić information content (AvgIpc) is 2.38. The molecule has 1 aromatic rings. The van der Waals surface area contributed by atoms with Crippen LogP contribution in [0.25, 0.3) is 0 Å². The Kier molecular flexibility index (Phi) is 4.95. The summed E-state index contributed by atoms with van der Waals surface area (Å²) in [5, 5.41) is 18.8. The van der Waals surface area contributed by atoms with E-state index in [1.54, 1.807) is 19.1 Å². The number of aromatic hydroxyl groups is 1. The first-order valence-electron chi connectivity index (χ1n) is 6.45. The Labute approximate surface area is 114 Å². The van der Waals surface area contributed by atoms with Gasteiger partial charge in [-0.05, 0) is 36.5 Å². The van der Waals surface area contributed by atoms with Gasteiger partial charge in [-0.2, -0.15) is 0 Å². The van der Waals surface area contributed by atoms with Gasteiger partial charge in [0.25, 0.3) is 0 Å². The van der Waals surface area contributed by atoms with Crippen LogP contribution in [-0.4, -0.2) is 29.4 Å². The fourth-order valence-electron chi connectivity index (χ4n) is 1.83. The molecule has 0 amide bonds. The lowest BCUT2D eigenvalue weighted by atomic mass is 9.80. The lowest BCUT2D eigenvalue weighted by Crippen LogP contribution is -2.18. The van der Waals surface area contributed by atoms with Gasteiger partial charge in [0, 0.05) is 5.56 Å². The van der Waals surface area contributed by atoms with Gasteiger partial charge in [0.15, 0.2) is 0 Å². The zero-order valence-corrected chi connectivity index (χ0v) is 12.0. The highest BCUT2D eigenvalue weighted by Gasteiger charge is 2.25. The first kappa shape index (κ1) is 15.5. The van der Waals surface area contributed by atoms with Crippen molar-refractivity contribution >= 4 is 5.97 Å². The van der Waals surface area contributed by atoms with Gasteiger partial charge < -0.3 is 14.9 Å². The van der Waals surface area contributed by atoms with E-state index in [0.29, 0.717) is 11.1 Å². The van der Waals surface area contributed by atoms with E-state index in [4.69, 9.17) is 9.84 Å². The summed E-state index contributed by atoms with van der Waals surface area (Å²) in [6.45, 7) is 7.61. The van der Waals surface area contributed by atoms with Crippen LogP contribution >= 0.6 is 0 Å². The number of aliphatic hydroxyl groups excluding tert-OH is 1. The minimum atomic E-state index is -0.481. The molecule has 0 atom stereocenters. The van der Waals surface area contributed by atoms with E-state index in [2.05, 4.69) is 0 Å². The predicted molar refractivity (Wildman–Crippen MR) is 73.5 cm³/mol. The number of hydrogen-bond donors (Lipinski definition) is 2. The number of aryl methyl sites for hydroxylation is 1. The van der Waals surface area contributed by atoms with Crippen molar-refractivity contribution < 1.29 is 19.7 Å². The van der Waals surface area contributed by atoms with Crippen LogP contribution < -0.4 is 0 Å². The van der Waals surface area contributed by atoms with Gasteiger partial charge >= 0.3 is 5.97 Å². The third-order valence-corrected chi connectivity index (χ3v) is 3.47. The average molecular weight is 266 g/mol. The molecule has 0 aromatic heterocycles. The maximum atomic E-state index is 11.8. The first-order chi connectivity index (χ1) is 8.83. The number of phenolic OH excluding ortho intramolecular Hbond substituents is 1. The second kappa shape index (κ2) is 6.06. The molecule has 0 aliphatic heterocycles. The van der Waals surface area contributed by atoms with Gasteiger partial charge in [0.2, 0.25) is 0 Å². The third kappa shape index (κ3) is 3.47. The number of esters is 1. The van der Waals surface area contributed by atoms with Gasteiger partial charge in [-0.15, -0.1) is 0 Å². The molecule has 2 N–H and O–H groups in total. The molecule has 0 bridgehead atoms. The highest BCUT2D eigenvalue weighted by molar-refractivity contribution is 5.90. The van der Waals surface area contributed by atoms with Gasteiger partial charge in [-0.1, -0.05) is 20.8 Å². The third-order valence-electron chi connectivity index (χ3n) is 3.47. The van der Waals surface area contributed by atoms with Gasteiger partial charge in [0.1, 0.15) is 12.4 Å². The van der Waals surface area contributed by atoms with Crippen molar-refractivity contribution in [2.75, 3.05) is 13.2 Å². The number of carbonyl (C=O) groups is 1. The van der Waals surface area contributed by atoms with Crippen molar-refractivity contribution in [3.63, 3.8) is 0 Å². The second-order valence-electron chi connectivity index (χ2n) is 5.29. The lowest BCUT2D eigenvalue weighted by Gasteiger charge is -2.25. The summed E-state index contributed by atoms with van der Waals surface area (Å²) in [6.07, 6.45) is 0.842. The molecule has 106 valence electrons. The maximum absolute atomic E-state index is 11.8. The molecule has 0 unspecified atom stereocenters. The minimum Gasteiger partial charge on any atom is -0.507 e. The van der Waals surface area contributed by atoms with Crippen LogP contribution in [0.2, 0.25) is 0 Å². The van der Waals surface area contributed by atoms with Crippen molar-refractivity contribution in [1.82, 2.24) is 0 Å². The molecule has 0 heterocycles. The molecule has 1 aromatic carbocycles.